The van der Waals surface area contributed by atoms with Crippen molar-refractivity contribution in [3.8, 4) is 0 Å². The summed E-state index contributed by atoms with van der Waals surface area (Å²) in [4.78, 5) is 23.5. The third kappa shape index (κ3) is 4.44. The number of carbonyl (C=O) groups excluding carboxylic acids is 2. The van der Waals surface area contributed by atoms with Crippen molar-refractivity contribution in [2.45, 2.75) is 31.1 Å². The minimum atomic E-state index is -0.506. The SMILES string of the molecule is CNC(=O)[C@@H]1CC[C@@H](N)[C@@H](CNC(=O)Nc2ccccc2)O1. The van der Waals surface area contributed by atoms with Gasteiger partial charge in [0, 0.05) is 25.3 Å². The number of ether oxygens (including phenoxy) is 1. The van der Waals surface area contributed by atoms with E-state index in [1.54, 1.807) is 19.2 Å². The van der Waals surface area contributed by atoms with E-state index in [1.165, 1.54) is 0 Å². The number of rotatable bonds is 4. The van der Waals surface area contributed by atoms with Gasteiger partial charge in [0.25, 0.3) is 0 Å². The standard InChI is InChI=1S/C15H22N4O3/c1-17-14(20)12-8-7-11(16)13(22-12)9-18-15(21)19-10-5-3-2-4-6-10/h2-6,11-13H,7-9,16H2,1H3,(H,17,20)(H2,18,19,21)/t11-,12+,13-/m1/s1. The Labute approximate surface area is 129 Å². The summed E-state index contributed by atoms with van der Waals surface area (Å²) < 4.78 is 5.67. The highest BCUT2D eigenvalue weighted by Gasteiger charge is 2.32. The Morgan fingerprint density at radius 1 is 1.27 bits per heavy atom. The van der Waals surface area contributed by atoms with Crippen LogP contribution in [0.25, 0.3) is 0 Å². The molecule has 5 N–H and O–H groups in total. The molecule has 1 aliphatic heterocycles. The molecule has 120 valence electrons. The van der Waals surface area contributed by atoms with E-state index >= 15 is 0 Å². The monoisotopic (exact) mass is 306 g/mol. The van der Waals surface area contributed by atoms with Gasteiger partial charge in [-0.15, -0.1) is 0 Å². The number of urea groups is 1. The van der Waals surface area contributed by atoms with Gasteiger partial charge in [0.05, 0.1) is 6.10 Å². The van der Waals surface area contributed by atoms with Gasteiger partial charge in [0.1, 0.15) is 6.10 Å². The molecule has 0 spiro atoms. The van der Waals surface area contributed by atoms with Crippen LogP contribution in [0.3, 0.4) is 0 Å². The average molecular weight is 306 g/mol. The second kappa shape index (κ2) is 7.77. The fourth-order valence-electron chi connectivity index (χ4n) is 2.35. The number of nitrogens with one attached hydrogen (secondary N) is 3. The van der Waals surface area contributed by atoms with E-state index < -0.39 is 6.10 Å². The summed E-state index contributed by atoms with van der Waals surface area (Å²) >= 11 is 0. The molecule has 1 fully saturated rings. The maximum absolute atomic E-state index is 11.8. The molecule has 0 saturated carbocycles. The topological polar surface area (TPSA) is 105 Å². The van der Waals surface area contributed by atoms with Crippen LogP contribution < -0.4 is 21.7 Å². The van der Waals surface area contributed by atoms with Gasteiger partial charge in [-0.05, 0) is 25.0 Å². The van der Waals surface area contributed by atoms with Gasteiger partial charge in [-0.1, -0.05) is 18.2 Å². The summed E-state index contributed by atoms with van der Waals surface area (Å²) in [5.41, 5.74) is 6.70. The summed E-state index contributed by atoms with van der Waals surface area (Å²) in [6, 6.07) is 8.61. The van der Waals surface area contributed by atoms with Gasteiger partial charge in [0.2, 0.25) is 5.91 Å². The predicted octanol–water partition coefficient (Wildman–Crippen LogP) is 0.429. The third-order valence-electron chi connectivity index (χ3n) is 3.61. The van der Waals surface area contributed by atoms with Gasteiger partial charge in [-0.2, -0.15) is 0 Å². The van der Waals surface area contributed by atoms with Crippen LogP contribution >= 0.6 is 0 Å². The first-order valence-corrected chi connectivity index (χ1v) is 7.32. The van der Waals surface area contributed by atoms with E-state index in [4.69, 9.17) is 10.5 Å². The number of hydrogen-bond acceptors (Lipinski definition) is 4. The van der Waals surface area contributed by atoms with E-state index in [1.807, 2.05) is 18.2 Å². The van der Waals surface area contributed by atoms with E-state index in [2.05, 4.69) is 16.0 Å². The molecule has 1 aliphatic rings. The Morgan fingerprint density at radius 2 is 2.00 bits per heavy atom. The number of amides is 3. The highest BCUT2D eigenvalue weighted by atomic mass is 16.5. The highest BCUT2D eigenvalue weighted by molar-refractivity contribution is 5.89. The molecule has 7 nitrogen and oxygen atoms in total. The molecule has 0 aromatic heterocycles. The molecule has 0 radical (unpaired) electrons. The second-order valence-electron chi connectivity index (χ2n) is 5.22. The number of likely N-dealkylation sites (N-methyl/N-ethyl adjacent to an activating group) is 1. The van der Waals surface area contributed by atoms with Crippen molar-refractivity contribution in [1.82, 2.24) is 10.6 Å². The minimum Gasteiger partial charge on any atom is -0.362 e. The first kappa shape index (κ1) is 16.3. The molecular formula is C15H22N4O3. The first-order valence-electron chi connectivity index (χ1n) is 7.32. The highest BCUT2D eigenvalue weighted by Crippen LogP contribution is 2.18. The lowest BCUT2D eigenvalue weighted by Crippen LogP contribution is -2.53. The van der Waals surface area contributed by atoms with Gasteiger partial charge < -0.3 is 26.4 Å². The van der Waals surface area contributed by atoms with E-state index in [9.17, 15) is 9.59 Å². The molecule has 0 bridgehead atoms. The van der Waals surface area contributed by atoms with Crippen LogP contribution in [0.5, 0.6) is 0 Å². The Morgan fingerprint density at radius 3 is 2.68 bits per heavy atom. The lowest BCUT2D eigenvalue weighted by atomic mass is 9.99. The average Bonchev–Trinajstić information content (AvgIpc) is 2.54. The number of nitrogens with two attached hydrogens (primary N) is 1. The van der Waals surface area contributed by atoms with Crippen LogP contribution in [0.4, 0.5) is 10.5 Å². The van der Waals surface area contributed by atoms with Crippen molar-refractivity contribution < 1.29 is 14.3 Å². The predicted molar refractivity (Wildman–Crippen MR) is 83.4 cm³/mol. The van der Waals surface area contributed by atoms with E-state index in [0.29, 0.717) is 18.5 Å². The van der Waals surface area contributed by atoms with Gasteiger partial charge in [-0.25, -0.2) is 4.79 Å². The molecule has 0 aliphatic carbocycles. The molecule has 1 aromatic carbocycles. The van der Waals surface area contributed by atoms with Crippen molar-refractivity contribution in [2.24, 2.45) is 5.73 Å². The van der Waals surface area contributed by atoms with Crippen molar-refractivity contribution in [2.75, 3.05) is 18.9 Å². The lowest BCUT2D eigenvalue weighted by molar-refractivity contribution is -0.141. The second-order valence-corrected chi connectivity index (χ2v) is 5.22. The van der Waals surface area contributed by atoms with Gasteiger partial charge in [0.15, 0.2) is 0 Å². The molecular weight excluding hydrogens is 284 g/mol. The Bertz CT molecular complexity index is 509. The van der Waals surface area contributed by atoms with Crippen molar-refractivity contribution in [3.05, 3.63) is 30.3 Å². The molecule has 0 unspecified atom stereocenters. The largest absolute Gasteiger partial charge is 0.362 e. The first-order chi connectivity index (χ1) is 10.6. The van der Waals surface area contributed by atoms with Crippen LogP contribution in [-0.4, -0.2) is 43.8 Å². The van der Waals surface area contributed by atoms with Crippen LogP contribution in [0.2, 0.25) is 0 Å². The number of carbonyl (C=O) groups is 2. The quantitative estimate of drug-likeness (QED) is 0.647. The molecule has 7 heteroatoms. The summed E-state index contributed by atoms with van der Waals surface area (Å²) in [5, 5.41) is 8.00. The lowest BCUT2D eigenvalue weighted by Gasteiger charge is -2.33. The van der Waals surface area contributed by atoms with Gasteiger partial charge >= 0.3 is 6.03 Å². The molecule has 22 heavy (non-hydrogen) atoms. The molecule has 1 saturated heterocycles. The fourth-order valence-corrected chi connectivity index (χ4v) is 2.35. The molecule has 1 aromatic rings. The smallest absolute Gasteiger partial charge is 0.319 e. The van der Waals surface area contributed by atoms with Crippen LogP contribution in [-0.2, 0) is 9.53 Å². The molecule has 3 atom stereocenters. The maximum Gasteiger partial charge on any atom is 0.319 e. The molecule has 1 heterocycles. The van der Waals surface area contributed by atoms with Gasteiger partial charge in [-0.3, -0.25) is 4.79 Å². The summed E-state index contributed by atoms with van der Waals surface area (Å²) in [7, 11) is 1.57. The normalized spacial score (nSPS) is 24.4. The molecule has 3 amide bonds. The zero-order chi connectivity index (χ0) is 15.9. The maximum atomic E-state index is 11.8. The Balaban J connectivity index is 1.81. The van der Waals surface area contributed by atoms with E-state index in [0.717, 1.165) is 0 Å². The summed E-state index contributed by atoms with van der Waals surface area (Å²) in [5.74, 6) is -0.161. The minimum absolute atomic E-state index is 0.161. The summed E-state index contributed by atoms with van der Waals surface area (Å²) in [6.45, 7) is 0.257. The molecule has 2 rings (SSSR count). The summed E-state index contributed by atoms with van der Waals surface area (Å²) in [6.07, 6.45) is 0.393. The van der Waals surface area contributed by atoms with Crippen molar-refractivity contribution in [3.63, 3.8) is 0 Å². The zero-order valence-corrected chi connectivity index (χ0v) is 12.5. The van der Waals surface area contributed by atoms with Crippen LogP contribution in [0.15, 0.2) is 30.3 Å². The van der Waals surface area contributed by atoms with E-state index in [-0.39, 0.29) is 30.6 Å². The number of para-hydroxylation sites is 1. The number of anilines is 1. The third-order valence-corrected chi connectivity index (χ3v) is 3.61. The van der Waals surface area contributed by atoms with Crippen molar-refractivity contribution >= 4 is 17.6 Å². The van der Waals surface area contributed by atoms with Crippen LogP contribution in [0, 0.1) is 0 Å². The zero-order valence-electron chi connectivity index (χ0n) is 12.5. The number of benzene rings is 1. The van der Waals surface area contributed by atoms with Crippen molar-refractivity contribution in [1.29, 1.82) is 0 Å². The Hall–Kier alpha value is -2.12. The fraction of sp³-hybridized carbons (Fsp3) is 0.467. The van der Waals surface area contributed by atoms with Crippen LogP contribution in [0.1, 0.15) is 12.8 Å². The Kier molecular flexibility index (Phi) is 5.74. The number of hydrogen-bond donors (Lipinski definition) is 4.